The van der Waals surface area contributed by atoms with Crippen LogP contribution in [0, 0.1) is 18.3 Å². The van der Waals surface area contributed by atoms with E-state index in [1.807, 2.05) is 37.3 Å². The summed E-state index contributed by atoms with van der Waals surface area (Å²) < 4.78 is 5.36. The molecule has 0 radical (unpaired) electrons. The smallest absolute Gasteiger partial charge is 0.264 e. The van der Waals surface area contributed by atoms with Gasteiger partial charge in [0.25, 0.3) is 5.91 Å². The zero-order valence-electron chi connectivity index (χ0n) is 13.5. The Bertz CT molecular complexity index is 908. The van der Waals surface area contributed by atoms with Crippen LogP contribution in [0.5, 0.6) is 5.75 Å². The molecule has 0 aliphatic heterocycles. The highest BCUT2D eigenvalue weighted by Crippen LogP contribution is 2.16. The second-order valence-corrected chi connectivity index (χ2v) is 5.35. The average Bonchev–Trinajstić information content (AvgIpc) is 3.09. The van der Waals surface area contributed by atoms with Crippen molar-refractivity contribution in [3.8, 4) is 23.2 Å². The maximum Gasteiger partial charge on any atom is 0.264 e. The van der Waals surface area contributed by atoms with Gasteiger partial charge in [0.05, 0.1) is 11.6 Å². The van der Waals surface area contributed by atoms with Crippen molar-refractivity contribution in [3.63, 3.8) is 0 Å². The van der Waals surface area contributed by atoms with E-state index in [2.05, 4.69) is 20.5 Å². The molecule has 25 heavy (non-hydrogen) atoms. The van der Waals surface area contributed by atoms with E-state index in [1.165, 1.54) is 0 Å². The van der Waals surface area contributed by atoms with Crippen LogP contribution in [-0.2, 0) is 4.79 Å². The third-order valence-electron chi connectivity index (χ3n) is 3.41. The predicted octanol–water partition coefficient (Wildman–Crippen LogP) is 2.67. The number of rotatable bonds is 5. The van der Waals surface area contributed by atoms with Crippen molar-refractivity contribution < 1.29 is 9.53 Å². The lowest BCUT2D eigenvalue weighted by atomic mass is 10.1. The maximum absolute atomic E-state index is 11.9. The number of ether oxygens (including phenoxy) is 1. The van der Waals surface area contributed by atoms with Crippen LogP contribution in [0.1, 0.15) is 11.1 Å². The molecule has 7 nitrogen and oxygen atoms in total. The number of aromatic amines is 1. The lowest BCUT2D eigenvalue weighted by Gasteiger charge is -2.05. The summed E-state index contributed by atoms with van der Waals surface area (Å²) in [7, 11) is 0. The van der Waals surface area contributed by atoms with Crippen molar-refractivity contribution in [2.75, 3.05) is 11.9 Å². The molecule has 0 bridgehead atoms. The van der Waals surface area contributed by atoms with Crippen molar-refractivity contribution >= 4 is 11.9 Å². The number of carbonyl (C=O) groups excluding carboxylic acids is 1. The van der Waals surface area contributed by atoms with Gasteiger partial charge in [0, 0.05) is 5.56 Å². The van der Waals surface area contributed by atoms with Crippen LogP contribution in [0.3, 0.4) is 0 Å². The number of nitrogens with one attached hydrogen (secondary N) is 2. The second kappa shape index (κ2) is 7.27. The van der Waals surface area contributed by atoms with Crippen LogP contribution in [0.2, 0.25) is 0 Å². The molecule has 2 aromatic carbocycles. The second-order valence-electron chi connectivity index (χ2n) is 5.35. The number of carbonyl (C=O) groups is 1. The zero-order chi connectivity index (χ0) is 17.6. The summed E-state index contributed by atoms with van der Waals surface area (Å²) in [6.07, 6.45) is 0. The molecule has 3 aromatic rings. The summed E-state index contributed by atoms with van der Waals surface area (Å²) >= 11 is 0. The fraction of sp³-hybridized carbons (Fsp3) is 0.111. The van der Waals surface area contributed by atoms with Gasteiger partial charge in [-0.05, 0) is 31.2 Å². The molecule has 3 rings (SSSR count). The Morgan fingerprint density at radius 3 is 2.60 bits per heavy atom. The summed E-state index contributed by atoms with van der Waals surface area (Å²) in [6.45, 7) is 1.82. The molecular weight excluding hydrogens is 318 g/mol. The molecule has 2 N–H and O–H groups in total. The number of aryl methyl sites for hydroxylation is 1. The summed E-state index contributed by atoms with van der Waals surface area (Å²) in [4.78, 5) is 16.2. The van der Waals surface area contributed by atoms with Gasteiger partial charge in [-0.1, -0.05) is 29.8 Å². The highest BCUT2D eigenvalue weighted by molar-refractivity contribution is 5.90. The standard InChI is InChI=1S/C18H15N5O2/c1-12-2-6-14(7-3-12)17-21-18(23-22-17)20-16(24)11-25-15-8-4-13(10-19)5-9-15/h2-9H,11H2,1H3,(H2,20,21,22,23,24). The van der Waals surface area contributed by atoms with Gasteiger partial charge in [0.2, 0.25) is 5.95 Å². The minimum Gasteiger partial charge on any atom is -0.484 e. The van der Waals surface area contributed by atoms with Crippen molar-refractivity contribution in [2.45, 2.75) is 6.92 Å². The molecule has 0 aliphatic carbocycles. The number of amides is 1. The van der Waals surface area contributed by atoms with Gasteiger partial charge in [0.1, 0.15) is 5.75 Å². The molecule has 1 amide bonds. The minimum atomic E-state index is -0.376. The number of benzene rings is 2. The van der Waals surface area contributed by atoms with E-state index in [4.69, 9.17) is 10.00 Å². The van der Waals surface area contributed by atoms with Gasteiger partial charge in [-0.2, -0.15) is 10.2 Å². The van der Waals surface area contributed by atoms with E-state index in [9.17, 15) is 4.79 Å². The number of nitrogens with zero attached hydrogens (tertiary/aromatic N) is 3. The van der Waals surface area contributed by atoms with Crippen LogP contribution in [0.25, 0.3) is 11.4 Å². The summed E-state index contributed by atoms with van der Waals surface area (Å²) in [6, 6.07) is 16.3. The summed E-state index contributed by atoms with van der Waals surface area (Å²) in [5, 5.41) is 18.1. The fourth-order valence-corrected chi connectivity index (χ4v) is 2.09. The number of nitriles is 1. The van der Waals surface area contributed by atoms with Gasteiger partial charge < -0.3 is 4.74 Å². The Labute approximate surface area is 144 Å². The van der Waals surface area contributed by atoms with Gasteiger partial charge >= 0.3 is 0 Å². The van der Waals surface area contributed by atoms with E-state index < -0.39 is 0 Å². The average molecular weight is 333 g/mol. The molecule has 0 aliphatic rings. The molecule has 0 atom stereocenters. The van der Waals surface area contributed by atoms with E-state index in [0.29, 0.717) is 17.1 Å². The summed E-state index contributed by atoms with van der Waals surface area (Å²) in [5.41, 5.74) is 2.56. The monoisotopic (exact) mass is 333 g/mol. The van der Waals surface area contributed by atoms with Crippen LogP contribution < -0.4 is 10.1 Å². The maximum atomic E-state index is 11.9. The lowest BCUT2D eigenvalue weighted by Crippen LogP contribution is -2.20. The largest absolute Gasteiger partial charge is 0.484 e. The predicted molar refractivity (Wildman–Crippen MR) is 91.8 cm³/mol. The minimum absolute atomic E-state index is 0.180. The quantitative estimate of drug-likeness (QED) is 0.747. The molecule has 1 heterocycles. The van der Waals surface area contributed by atoms with Gasteiger partial charge in [0.15, 0.2) is 12.4 Å². The first-order valence-corrected chi connectivity index (χ1v) is 7.56. The van der Waals surface area contributed by atoms with E-state index in [0.717, 1.165) is 11.1 Å². The van der Waals surface area contributed by atoms with E-state index in [1.54, 1.807) is 24.3 Å². The van der Waals surface area contributed by atoms with Gasteiger partial charge in [-0.15, -0.1) is 5.10 Å². The number of aromatic nitrogens is 3. The molecule has 7 heteroatoms. The SMILES string of the molecule is Cc1ccc(-c2nc(NC(=O)COc3ccc(C#N)cc3)n[nH]2)cc1. The van der Waals surface area contributed by atoms with Crippen molar-refractivity contribution in [2.24, 2.45) is 0 Å². The topological polar surface area (TPSA) is 104 Å². The Hall–Kier alpha value is -3.66. The highest BCUT2D eigenvalue weighted by Gasteiger charge is 2.09. The molecule has 0 fully saturated rings. The lowest BCUT2D eigenvalue weighted by molar-refractivity contribution is -0.118. The number of anilines is 1. The Balaban J connectivity index is 1.56. The molecule has 1 aromatic heterocycles. The first-order chi connectivity index (χ1) is 12.1. The Morgan fingerprint density at radius 1 is 1.20 bits per heavy atom. The number of H-pyrrole nitrogens is 1. The normalized spacial score (nSPS) is 10.1. The van der Waals surface area contributed by atoms with Crippen molar-refractivity contribution in [1.29, 1.82) is 5.26 Å². The molecular formula is C18H15N5O2. The Kier molecular flexibility index (Phi) is 4.72. The first-order valence-electron chi connectivity index (χ1n) is 7.56. The van der Waals surface area contributed by atoms with E-state index >= 15 is 0 Å². The van der Waals surface area contributed by atoms with Crippen LogP contribution in [0.4, 0.5) is 5.95 Å². The summed E-state index contributed by atoms with van der Waals surface area (Å²) in [5.74, 6) is 0.885. The highest BCUT2D eigenvalue weighted by atomic mass is 16.5. The number of hydrogen-bond donors (Lipinski definition) is 2. The van der Waals surface area contributed by atoms with Crippen molar-refractivity contribution in [1.82, 2.24) is 15.2 Å². The fourth-order valence-electron chi connectivity index (χ4n) is 2.09. The zero-order valence-corrected chi connectivity index (χ0v) is 13.5. The third kappa shape index (κ3) is 4.20. The number of hydrogen-bond acceptors (Lipinski definition) is 5. The van der Waals surface area contributed by atoms with Gasteiger partial charge in [-0.25, -0.2) is 0 Å². The molecule has 0 unspecified atom stereocenters. The van der Waals surface area contributed by atoms with Gasteiger partial charge in [-0.3, -0.25) is 15.2 Å². The molecule has 0 saturated carbocycles. The van der Waals surface area contributed by atoms with Crippen LogP contribution >= 0.6 is 0 Å². The molecule has 0 spiro atoms. The first kappa shape index (κ1) is 16.2. The molecule has 0 saturated heterocycles. The van der Waals surface area contributed by atoms with Crippen molar-refractivity contribution in [3.05, 3.63) is 59.7 Å². The Morgan fingerprint density at radius 2 is 1.92 bits per heavy atom. The van der Waals surface area contributed by atoms with Crippen LogP contribution in [-0.4, -0.2) is 27.7 Å². The third-order valence-corrected chi connectivity index (χ3v) is 3.41. The van der Waals surface area contributed by atoms with Crippen LogP contribution in [0.15, 0.2) is 48.5 Å². The van der Waals surface area contributed by atoms with E-state index in [-0.39, 0.29) is 18.5 Å². The molecule has 124 valence electrons.